The van der Waals surface area contributed by atoms with E-state index in [4.69, 9.17) is 0 Å². The number of hydrogen-bond donors (Lipinski definition) is 2. The topological polar surface area (TPSA) is 157 Å². The fourth-order valence-corrected chi connectivity index (χ4v) is 4.64. The lowest BCUT2D eigenvalue weighted by Gasteiger charge is -2.07. The van der Waals surface area contributed by atoms with Crippen molar-refractivity contribution in [2.24, 2.45) is 0 Å². The molecule has 2 N–H and O–H groups in total. The van der Waals surface area contributed by atoms with Gasteiger partial charge < -0.3 is 10.6 Å². The highest BCUT2D eigenvalue weighted by Gasteiger charge is 2.13. The predicted octanol–water partition coefficient (Wildman–Crippen LogP) is 5.61. The first-order valence-corrected chi connectivity index (χ1v) is 12.4. The van der Waals surface area contributed by atoms with Crippen LogP contribution in [0.2, 0.25) is 0 Å². The van der Waals surface area contributed by atoms with Crippen LogP contribution >= 0.6 is 23.1 Å². The van der Waals surface area contributed by atoms with Crippen LogP contribution in [0.5, 0.6) is 0 Å². The number of nitro benzene ring substituents is 2. The lowest BCUT2D eigenvalue weighted by Crippen LogP contribution is -2.14. The average Bonchev–Trinajstić information content (AvgIpc) is 3.36. The van der Waals surface area contributed by atoms with Crippen molar-refractivity contribution in [1.82, 2.24) is 4.98 Å². The first-order chi connectivity index (χ1) is 17.8. The number of nitrogens with zero attached hydrogens (tertiary/aromatic N) is 3. The summed E-state index contributed by atoms with van der Waals surface area (Å²) in [7, 11) is 0. The zero-order valence-corrected chi connectivity index (χ0v) is 20.5. The second-order valence-corrected chi connectivity index (χ2v) is 9.37. The molecule has 0 aliphatic carbocycles. The van der Waals surface area contributed by atoms with Gasteiger partial charge in [-0.3, -0.25) is 29.8 Å². The fourth-order valence-electron chi connectivity index (χ4n) is 3.15. The summed E-state index contributed by atoms with van der Waals surface area (Å²) >= 11 is 2.47. The maximum Gasteiger partial charge on any atom is 0.270 e. The van der Waals surface area contributed by atoms with Crippen LogP contribution in [0.4, 0.5) is 22.2 Å². The SMILES string of the molecule is O=C(CSc1cccc(NC(=O)c2ccc([N+](=O)[O-])cc2)c1)Nc1nc(-c2cccc([N+](=O)[O-])c2)cs1. The summed E-state index contributed by atoms with van der Waals surface area (Å²) in [5, 5.41) is 29.3. The zero-order chi connectivity index (χ0) is 26.4. The summed E-state index contributed by atoms with van der Waals surface area (Å²) in [5.41, 5.74) is 1.73. The Balaban J connectivity index is 1.32. The number of anilines is 2. The fraction of sp³-hybridized carbons (Fsp3) is 0.0417. The second kappa shape index (κ2) is 11.4. The molecule has 3 aromatic carbocycles. The van der Waals surface area contributed by atoms with Crippen LogP contribution in [-0.2, 0) is 4.79 Å². The van der Waals surface area contributed by atoms with Crippen LogP contribution in [0.1, 0.15) is 10.4 Å². The Morgan fingerprint density at radius 1 is 0.892 bits per heavy atom. The molecule has 0 fully saturated rings. The molecule has 0 bridgehead atoms. The van der Waals surface area contributed by atoms with Crippen molar-refractivity contribution in [3.05, 3.63) is 104 Å². The molecule has 1 aromatic heterocycles. The maximum absolute atomic E-state index is 12.4. The van der Waals surface area contributed by atoms with Crippen LogP contribution in [0.3, 0.4) is 0 Å². The Morgan fingerprint density at radius 3 is 2.35 bits per heavy atom. The number of aromatic nitrogens is 1. The number of non-ortho nitro benzene ring substituents is 2. The van der Waals surface area contributed by atoms with Gasteiger partial charge in [-0.2, -0.15) is 0 Å². The van der Waals surface area contributed by atoms with Gasteiger partial charge in [0.1, 0.15) is 0 Å². The number of thioether (sulfide) groups is 1. The van der Waals surface area contributed by atoms with Crippen LogP contribution in [0.25, 0.3) is 11.3 Å². The van der Waals surface area contributed by atoms with E-state index in [1.165, 1.54) is 59.5 Å². The molecule has 2 amide bonds. The molecule has 1 heterocycles. The van der Waals surface area contributed by atoms with Gasteiger partial charge in [0.15, 0.2) is 5.13 Å². The average molecular weight is 536 g/mol. The van der Waals surface area contributed by atoms with E-state index in [9.17, 15) is 29.8 Å². The number of nitrogens with one attached hydrogen (secondary N) is 2. The number of amides is 2. The molecule has 0 saturated heterocycles. The van der Waals surface area contributed by atoms with E-state index in [0.29, 0.717) is 22.1 Å². The Morgan fingerprint density at radius 2 is 1.62 bits per heavy atom. The quantitative estimate of drug-likeness (QED) is 0.159. The first-order valence-electron chi connectivity index (χ1n) is 10.6. The van der Waals surface area contributed by atoms with Crippen molar-refractivity contribution in [3.63, 3.8) is 0 Å². The summed E-state index contributed by atoms with van der Waals surface area (Å²) in [6.07, 6.45) is 0. The highest BCUT2D eigenvalue weighted by molar-refractivity contribution is 8.00. The molecule has 4 rings (SSSR count). The minimum absolute atomic E-state index is 0.0429. The lowest BCUT2D eigenvalue weighted by atomic mass is 10.1. The Bertz CT molecular complexity index is 1490. The van der Waals surface area contributed by atoms with Crippen molar-refractivity contribution >= 4 is 57.1 Å². The minimum atomic E-state index is -0.538. The third-order valence-electron chi connectivity index (χ3n) is 4.91. The van der Waals surface area contributed by atoms with Gasteiger partial charge in [-0.05, 0) is 30.3 Å². The molecule has 0 aliphatic rings. The van der Waals surface area contributed by atoms with Gasteiger partial charge in [0.05, 0.1) is 21.3 Å². The molecular formula is C24H17N5O6S2. The van der Waals surface area contributed by atoms with Crippen molar-refractivity contribution in [3.8, 4) is 11.3 Å². The number of carbonyl (C=O) groups excluding carboxylic acids is 2. The van der Waals surface area contributed by atoms with E-state index >= 15 is 0 Å². The molecule has 37 heavy (non-hydrogen) atoms. The van der Waals surface area contributed by atoms with Crippen molar-refractivity contribution in [2.45, 2.75) is 4.90 Å². The summed E-state index contributed by atoms with van der Waals surface area (Å²) in [6.45, 7) is 0. The zero-order valence-electron chi connectivity index (χ0n) is 18.8. The van der Waals surface area contributed by atoms with Crippen molar-refractivity contribution in [1.29, 1.82) is 0 Å². The van der Waals surface area contributed by atoms with Crippen LogP contribution in [-0.4, -0.2) is 32.4 Å². The molecule has 0 radical (unpaired) electrons. The predicted molar refractivity (Wildman–Crippen MR) is 141 cm³/mol. The third kappa shape index (κ3) is 6.74. The number of nitro groups is 2. The molecule has 186 valence electrons. The van der Waals surface area contributed by atoms with Crippen LogP contribution in [0, 0.1) is 20.2 Å². The molecule has 13 heteroatoms. The summed E-state index contributed by atoms with van der Waals surface area (Å²) < 4.78 is 0. The highest BCUT2D eigenvalue weighted by Crippen LogP contribution is 2.28. The van der Waals surface area contributed by atoms with Gasteiger partial charge in [-0.25, -0.2) is 4.98 Å². The number of carbonyl (C=O) groups is 2. The third-order valence-corrected chi connectivity index (χ3v) is 6.66. The molecule has 0 unspecified atom stereocenters. The van der Waals surface area contributed by atoms with E-state index in [2.05, 4.69) is 15.6 Å². The smallest absolute Gasteiger partial charge is 0.270 e. The lowest BCUT2D eigenvalue weighted by molar-refractivity contribution is -0.385. The molecule has 0 saturated carbocycles. The van der Waals surface area contributed by atoms with E-state index in [1.54, 1.807) is 41.8 Å². The summed E-state index contributed by atoms with van der Waals surface area (Å²) in [6, 6.07) is 18.3. The Kier molecular flexibility index (Phi) is 7.86. The number of rotatable bonds is 9. The molecule has 0 aliphatic heterocycles. The van der Waals surface area contributed by atoms with Gasteiger partial charge in [0.25, 0.3) is 17.3 Å². The minimum Gasteiger partial charge on any atom is -0.322 e. The monoisotopic (exact) mass is 535 g/mol. The first kappa shape index (κ1) is 25.5. The van der Waals surface area contributed by atoms with E-state index in [0.717, 1.165) is 4.90 Å². The van der Waals surface area contributed by atoms with E-state index in [-0.39, 0.29) is 28.6 Å². The normalized spacial score (nSPS) is 10.5. The number of benzene rings is 3. The van der Waals surface area contributed by atoms with Crippen LogP contribution in [0.15, 0.2) is 83.1 Å². The van der Waals surface area contributed by atoms with Gasteiger partial charge in [0.2, 0.25) is 5.91 Å². The van der Waals surface area contributed by atoms with E-state index in [1.807, 2.05) is 0 Å². The molecule has 0 atom stereocenters. The van der Waals surface area contributed by atoms with Gasteiger partial charge in [-0.15, -0.1) is 23.1 Å². The second-order valence-electron chi connectivity index (χ2n) is 7.47. The molecular weight excluding hydrogens is 518 g/mol. The van der Waals surface area contributed by atoms with Gasteiger partial charge in [-0.1, -0.05) is 18.2 Å². The standard InChI is InChI=1S/C24H17N5O6S2/c30-22(27-24-26-21(13-37-24)16-3-1-5-19(11-16)29(34)35)14-36-20-6-2-4-17(12-20)25-23(31)15-7-9-18(10-8-15)28(32)33/h1-13H,14H2,(H,25,31)(H,26,27,30). The molecule has 0 spiro atoms. The van der Waals surface area contributed by atoms with Crippen molar-refractivity contribution < 1.29 is 19.4 Å². The summed E-state index contributed by atoms with van der Waals surface area (Å²) in [5.74, 6) is -0.616. The largest absolute Gasteiger partial charge is 0.322 e. The van der Waals surface area contributed by atoms with Crippen LogP contribution < -0.4 is 10.6 Å². The van der Waals surface area contributed by atoms with Crippen molar-refractivity contribution in [2.75, 3.05) is 16.4 Å². The Hall–Kier alpha value is -4.62. The van der Waals surface area contributed by atoms with Gasteiger partial charge in [0, 0.05) is 51.4 Å². The number of hydrogen-bond acceptors (Lipinski definition) is 9. The highest BCUT2D eigenvalue weighted by atomic mass is 32.2. The number of thiazole rings is 1. The summed E-state index contributed by atoms with van der Waals surface area (Å²) in [4.78, 5) is 50.7. The Labute approximate surface area is 217 Å². The van der Waals surface area contributed by atoms with Gasteiger partial charge >= 0.3 is 0 Å². The van der Waals surface area contributed by atoms with E-state index < -0.39 is 15.8 Å². The maximum atomic E-state index is 12.4. The molecule has 4 aromatic rings. The molecule has 11 nitrogen and oxygen atoms in total.